The maximum absolute atomic E-state index is 3.42. The van der Waals surface area contributed by atoms with Gasteiger partial charge in [0.25, 0.3) is 0 Å². The SMILES string of the molecule is CCC(C)(C)N1CCNCC1C. The molecule has 1 aliphatic rings. The van der Waals surface area contributed by atoms with Crippen LogP contribution in [0.3, 0.4) is 0 Å². The Morgan fingerprint density at radius 3 is 2.67 bits per heavy atom. The van der Waals surface area contributed by atoms with Gasteiger partial charge < -0.3 is 5.32 Å². The number of hydrogen-bond acceptors (Lipinski definition) is 2. The first-order valence-corrected chi connectivity index (χ1v) is 5.05. The van der Waals surface area contributed by atoms with Crippen molar-refractivity contribution < 1.29 is 0 Å². The maximum atomic E-state index is 3.42. The second-order valence-corrected chi connectivity index (χ2v) is 4.41. The van der Waals surface area contributed by atoms with Crippen LogP contribution >= 0.6 is 0 Å². The van der Waals surface area contributed by atoms with Gasteiger partial charge in [0, 0.05) is 31.2 Å². The summed E-state index contributed by atoms with van der Waals surface area (Å²) in [5, 5.41) is 3.42. The average Bonchev–Trinajstić information content (AvgIpc) is 2.05. The lowest BCUT2D eigenvalue weighted by Gasteiger charge is -2.45. The molecule has 0 radical (unpaired) electrons. The summed E-state index contributed by atoms with van der Waals surface area (Å²) >= 11 is 0. The van der Waals surface area contributed by atoms with Crippen molar-refractivity contribution in [1.82, 2.24) is 10.2 Å². The van der Waals surface area contributed by atoms with Crippen molar-refractivity contribution in [3.63, 3.8) is 0 Å². The lowest BCUT2D eigenvalue weighted by Crippen LogP contribution is -2.57. The zero-order valence-corrected chi connectivity index (χ0v) is 8.85. The molecule has 72 valence electrons. The molecular weight excluding hydrogens is 148 g/mol. The fourth-order valence-corrected chi connectivity index (χ4v) is 1.94. The molecule has 12 heavy (non-hydrogen) atoms. The molecule has 0 aromatic rings. The molecule has 0 aromatic carbocycles. The molecule has 2 nitrogen and oxygen atoms in total. The maximum Gasteiger partial charge on any atom is 0.0198 e. The summed E-state index contributed by atoms with van der Waals surface area (Å²) in [6.45, 7) is 12.8. The molecule has 2 heteroatoms. The fraction of sp³-hybridized carbons (Fsp3) is 1.00. The van der Waals surface area contributed by atoms with E-state index in [-0.39, 0.29) is 0 Å². The summed E-state index contributed by atoms with van der Waals surface area (Å²) < 4.78 is 0. The minimum absolute atomic E-state index is 0.377. The molecule has 1 rings (SSSR count). The van der Waals surface area contributed by atoms with Crippen molar-refractivity contribution in [1.29, 1.82) is 0 Å². The van der Waals surface area contributed by atoms with Gasteiger partial charge in [-0.05, 0) is 27.2 Å². The molecule has 1 unspecified atom stereocenters. The Bertz CT molecular complexity index is 143. The normalized spacial score (nSPS) is 27.5. The molecule has 1 atom stereocenters. The van der Waals surface area contributed by atoms with Crippen LogP contribution in [0.1, 0.15) is 34.1 Å². The van der Waals surface area contributed by atoms with Gasteiger partial charge in [0.1, 0.15) is 0 Å². The van der Waals surface area contributed by atoms with E-state index in [9.17, 15) is 0 Å². The quantitative estimate of drug-likeness (QED) is 0.675. The van der Waals surface area contributed by atoms with E-state index in [0.717, 1.165) is 13.1 Å². The molecule has 0 amide bonds. The van der Waals surface area contributed by atoms with Crippen molar-refractivity contribution in [3.8, 4) is 0 Å². The Kier molecular flexibility index (Phi) is 3.13. The summed E-state index contributed by atoms with van der Waals surface area (Å²) in [4.78, 5) is 2.61. The third-order valence-corrected chi connectivity index (χ3v) is 3.14. The van der Waals surface area contributed by atoms with Gasteiger partial charge >= 0.3 is 0 Å². The van der Waals surface area contributed by atoms with Crippen LogP contribution in [0.5, 0.6) is 0 Å². The third kappa shape index (κ3) is 1.99. The highest BCUT2D eigenvalue weighted by Gasteiger charge is 2.30. The van der Waals surface area contributed by atoms with Crippen LogP contribution in [0.25, 0.3) is 0 Å². The summed E-state index contributed by atoms with van der Waals surface area (Å²) in [5.41, 5.74) is 0.377. The molecule has 1 aliphatic heterocycles. The third-order valence-electron chi connectivity index (χ3n) is 3.14. The van der Waals surface area contributed by atoms with Gasteiger partial charge in [-0.25, -0.2) is 0 Å². The summed E-state index contributed by atoms with van der Waals surface area (Å²) in [6, 6.07) is 0.689. The molecule has 1 saturated heterocycles. The van der Waals surface area contributed by atoms with Crippen molar-refractivity contribution >= 4 is 0 Å². The van der Waals surface area contributed by atoms with Gasteiger partial charge in [-0.15, -0.1) is 0 Å². The zero-order chi connectivity index (χ0) is 9.19. The molecule has 0 bridgehead atoms. The molecule has 0 aromatic heterocycles. The van der Waals surface area contributed by atoms with E-state index >= 15 is 0 Å². The van der Waals surface area contributed by atoms with Crippen molar-refractivity contribution in [3.05, 3.63) is 0 Å². The number of rotatable bonds is 2. The van der Waals surface area contributed by atoms with Crippen LogP contribution in [-0.4, -0.2) is 36.1 Å². The van der Waals surface area contributed by atoms with Gasteiger partial charge in [0.05, 0.1) is 0 Å². The van der Waals surface area contributed by atoms with Crippen LogP contribution in [0, 0.1) is 0 Å². The first-order valence-electron chi connectivity index (χ1n) is 5.05. The Balaban J connectivity index is 2.58. The molecule has 0 spiro atoms. The monoisotopic (exact) mass is 170 g/mol. The Labute approximate surface area is 76.3 Å². The second kappa shape index (κ2) is 3.75. The van der Waals surface area contributed by atoms with Crippen molar-refractivity contribution in [2.75, 3.05) is 19.6 Å². The van der Waals surface area contributed by atoms with E-state index in [1.807, 2.05) is 0 Å². The Hall–Kier alpha value is -0.0800. The second-order valence-electron chi connectivity index (χ2n) is 4.41. The van der Waals surface area contributed by atoms with Gasteiger partial charge in [0.2, 0.25) is 0 Å². The first kappa shape index (κ1) is 10.0. The number of nitrogens with one attached hydrogen (secondary N) is 1. The molecule has 0 saturated carbocycles. The standard InChI is InChI=1S/C10H22N2/c1-5-10(3,4)12-7-6-11-8-9(12)2/h9,11H,5-8H2,1-4H3. The predicted octanol–water partition coefficient (Wildman–Crippen LogP) is 1.47. The minimum Gasteiger partial charge on any atom is -0.314 e. The first-order chi connectivity index (χ1) is 5.58. The molecule has 0 aliphatic carbocycles. The average molecular weight is 170 g/mol. The number of hydrogen-bond donors (Lipinski definition) is 1. The lowest BCUT2D eigenvalue weighted by molar-refractivity contribution is 0.0548. The lowest BCUT2D eigenvalue weighted by atomic mass is 9.96. The Morgan fingerprint density at radius 2 is 2.17 bits per heavy atom. The summed E-state index contributed by atoms with van der Waals surface area (Å²) in [5.74, 6) is 0. The summed E-state index contributed by atoms with van der Waals surface area (Å²) in [7, 11) is 0. The van der Waals surface area contributed by atoms with Crippen LogP contribution in [-0.2, 0) is 0 Å². The number of nitrogens with zero attached hydrogens (tertiary/aromatic N) is 1. The van der Waals surface area contributed by atoms with E-state index in [4.69, 9.17) is 0 Å². The van der Waals surface area contributed by atoms with E-state index in [1.54, 1.807) is 0 Å². The van der Waals surface area contributed by atoms with Crippen LogP contribution in [0.4, 0.5) is 0 Å². The van der Waals surface area contributed by atoms with E-state index < -0.39 is 0 Å². The Morgan fingerprint density at radius 1 is 1.50 bits per heavy atom. The highest BCUT2D eigenvalue weighted by atomic mass is 15.3. The van der Waals surface area contributed by atoms with Gasteiger partial charge in [-0.1, -0.05) is 6.92 Å². The predicted molar refractivity (Wildman–Crippen MR) is 53.4 cm³/mol. The zero-order valence-electron chi connectivity index (χ0n) is 8.85. The van der Waals surface area contributed by atoms with Crippen molar-refractivity contribution in [2.24, 2.45) is 0 Å². The topological polar surface area (TPSA) is 15.3 Å². The molecule has 1 N–H and O–H groups in total. The van der Waals surface area contributed by atoms with E-state index in [0.29, 0.717) is 11.6 Å². The van der Waals surface area contributed by atoms with Gasteiger partial charge in [-0.3, -0.25) is 4.90 Å². The van der Waals surface area contributed by atoms with E-state index in [2.05, 4.69) is 37.9 Å². The van der Waals surface area contributed by atoms with Crippen LogP contribution < -0.4 is 5.32 Å². The molecule has 1 fully saturated rings. The van der Waals surface area contributed by atoms with Crippen LogP contribution in [0.2, 0.25) is 0 Å². The number of piperazine rings is 1. The highest BCUT2D eigenvalue weighted by molar-refractivity contribution is 4.87. The largest absolute Gasteiger partial charge is 0.314 e. The smallest absolute Gasteiger partial charge is 0.0198 e. The van der Waals surface area contributed by atoms with E-state index in [1.165, 1.54) is 13.0 Å². The van der Waals surface area contributed by atoms with Gasteiger partial charge in [0.15, 0.2) is 0 Å². The van der Waals surface area contributed by atoms with Gasteiger partial charge in [-0.2, -0.15) is 0 Å². The molecule has 1 heterocycles. The van der Waals surface area contributed by atoms with Crippen LogP contribution in [0.15, 0.2) is 0 Å². The highest BCUT2D eigenvalue weighted by Crippen LogP contribution is 2.21. The van der Waals surface area contributed by atoms with Crippen molar-refractivity contribution in [2.45, 2.75) is 45.7 Å². The fourth-order valence-electron chi connectivity index (χ4n) is 1.94. The summed E-state index contributed by atoms with van der Waals surface area (Å²) in [6.07, 6.45) is 1.23. The molecular formula is C10H22N2. The minimum atomic E-state index is 0.377.